The van der Waals surface area contributed by atoms with Crippen LogP contribution < -0.4 is 10.6 Å². The number of amides is 1. The lowest BCUT2D eigenvalue weighted by Crippen LogP contribution is -2.17. The summed E-state index contributed by atoms with van der Waals surface area (Å²) >= 11 is 5.88. The van der Waals surface area contributed by atoms with Crippen LogP contribution in [0.1, 0.15) is 21.7 Å². The second-order valence-corrected chi connectivity index (χ2v) is 6.39. The number of nitrogens with zero attached hydrogens (tertiary/aromatic N) is 2. The van der Waals surface area contributed by atoms with E-state index in [1.165, 1.54) is 12.1 Å². The maximum atomic E-state index is 13.7. The molecule has 2 N–H and O–H groups in total. The monoisotopic (exact) mass is 384 g/mol. The van der Waals surface area contributed by atoms with Crippen LogP contribution in [0.25, 0.3) is 0 Å². The molecule has 0 aliphatic heterocycles. The van der Waals surface area contributed by atoms with Gasteiger partial charge in [-0.1, -0.05) is 35.9 Å². The van der Waals surface area contributed by atoms with Crippen molar-refractivity contribution in [3.63, 3.8) is 0 Å². The maximum absolute atomic E-state index is 13.7. The molecule has 5 nitrogen and oxygen atoms in total. The molecular formula is C20H18ClFN4O. The van der Waals surface area contributed by atoms with Crippen molar-refractivity contribution in [3.05, 3.63) is 82.4 Å². The first-order valence-electron chi connectivity index (χ1n) is 8.41. The predicted molar refractivity (Wildman–Crippen MR) is 105 cm³/mol. The number of para-hydroxylation sites is 1. The number of aromatic nitrogens is 2. The number of hydrogen-bond acceptors (Lipinski definition) is 4. The number of carbonyl (C=O) groups excluding carboxylic acids is 1. The van der Waals surface area contributed by atoms with Gasteiger partial charge in [0.25, 0.3) is 5.91 Å². The highest BCUT2D eigenvalue weighted by molar-refractivity contribution is 6.30. The van der Waals surface area contributed by atoms with Crippen LogP contribution >= 0.6 is 11.6 Å². The number of benzene rings is 2. The first-order valence-corrected chi connectivity index (χ1v) is 8.79. The fraction of sp³-hybridized carbons (Fsp3) is 0.150. The number of rotatable bonds is 6. The molecule has 7 heteroatoms. The van der Waals surface area contributed by atoms with Gasteiger partial charge >= 0.3 is 0 Å². The normalized spacial score (nSPS) is 10.5. The van der Waals surface area contributed by atoms with Crippen LogP contribution in [0.3, 0.4) is 0 Å². The van der Waals surface area contributed by atoms with E-state index in [1.54, 1.807) is 25.1 Å². The molecule has 1 amide bonds. The van der Waals surface area contributed by atoms with Gasteiger partial charge in [-0.25, -0.2) is 14.4 Å². The van der Waals surface area contributed by atoms with Gasteiger partial charge in [-0.05, 0) is 49.2 Å². The van der Waals surface area contributed by atoms with Crippen molar-refractivity contribution in [2.24, 2.45) is 0 Å². The van der Waals surface area contributed by atoms with E-state index in [9.17, 15) is 9.18 Å². The lowest BCUT2D eigenvalue weighted by atomic mass is 10.1. The van der Waals surface area contributed by atoms with E-state index in [0.29, 0.717) is 23.2 Å². The molecule has 0 unspecified atom stereocenters. The molecule has 138 valence electrons. The zero-order chi connectivity index (χ0) is 19.2. The molecule has 0 aliphatic rings. The largest absolute Gasteiger partial charge is 0.354 e. The molecule has 0 aliphatic carbocycles. The Morgan fingerprint density at radius 2 is 1.85 bits per heavy atom. The number of carbonyl (C=O) groups is 1. The molecule has 0 saturated heterocycles. The summed E-state index contributed by atoms with van der Waals surface area (Å²) in [5.74, 6) is -0.646. The van der Waals surface area contributed by atoms with Crippen molar-refractivity contribution in [2.45, 2.75) is 13.3 Å². The van der Waals surface area contributed by atoms with Gasteiger partial charge in [-0.15, -0.1) is 0 Å². The summed E-state index contributed by atoms with van der Waals surface area (Å²) in [6, 6.07) is 15.1. The standard InChI is InChI=1S/C20H18ClFN4O/c1-13-12-18(19(27)25-17-5-3-2-4-16(17)22)26-20(24-13)23-11-10-14-6-8-15(21)9-7-14/h2-9,12H,10-11H2,1H3,(H,25,27)(H,23,24,26). The Bertz CT molecular complexity index is 947. The first kappa shape index (κ1) is 18.8. The van der Waals surface area contributed by atoms with Gasteiger partial charge in [0.05, 0.1) is 5.69 Å². The third kappa shape index (κ3) is 5.24. The molecule has 0 atom stereocenters. The molecule has 0 fully saturated rings. The number of halogens is 2. The van der Waals surface area contributed by atoms with Crippen LogP contribution in [-0.2, 0) is 6.42 Å². The SMILES string of the molecule is Cc1cc(C(=O)Nc2ccccc2F)nc(NCCc2ccc(Cl)cc2)n1. The third-order valence-corrected chi connectivity index (χ3v) is 4.07. The lowest BCUT2D eigenvalue weighted by molar-refractivity contribution is 0.102. The van der Waals surface area contributed by atoms with E-state index in [1.807, 2.05) is 24.3 Å². The van der Waals surface area contributed by atoms with Crippen molar-refractivity contribution in [3.8, 4) is 0 Å². The molecule has 0 saturated carbocycles. The van der Waals surface area contributed by atoms with Gasteiger partial charge in [-0.3, -0.25) is 4.79 Å². The van der Waals surface area contributed by atoms with Gasteiger partial charge in [0.2, 0.25) is 5.95 Å². The molecule has 0 radical (unpaired) electrons. The van der Waals surface area contributed by atoms with Crippen LogP contribution in [0.4, 0.5) is 16.0 Å². The zero-order valence-corrected chi connectivity index (χ0v) is 15.4. The molecule has 3 rings (SSSR count). The molecular weight excluding hydrogens is 367 g/mol. The highest BCUT2D eigenvalue weighted by atomic mass is 35.5. The predicted octanol–water partition coefficient (Wildman–Crippen LogP) is 4.48. The van der Waals surface area contributed by atoms with E-state index in [2.05, 4.69) is 20.6 Å². The van der Waals surface area contributed by atoms with Crippen molar-refractivity contribution in [1.82, 2.24) is 9.97 Å². The Morgan fingerprint density at radius 1 is 1.11 bits per heavy atom. The van der Waals surface area contributed by atoms with E-state index < -0.39 is 11.7 Å². The minimum Gasteiger partial charge on any atom is -0.354 e. The Kier molecular flexibility index (Phi) is 5.98. The van der Waals surface area contributed by atoms with Crippen LogP contribution in [0.5, 0.6) is 0 Å². The third-order valence-electron chi connectivity index (χ3n) is 3.82. The summed E-state index contributed by atoms with van der Waals surface area (Å²) in [5.41, 5.74) is 2.03. The first-order chi connectivity index (χ1) is 13.0. The number of anilines is 2. The average molecular weight is 385 g/mol. The number of hydrogen-bond donors (Lipinski definition) is 2. The van der Waals surface area contributed by atoms with Gasteiger partial charge in [0, 0.05) is 17.3 Å². The topological polar surface area (TPSA) is 66.9 Å². The molecule has 1 heterocycles. The van der Waals surface area contributed by atoms with Crippen molar-refractivity contribution >= 4 is 29.1 Å². The summed E-state index contributed by atoms with van der Waals surface area (Å²) in [7, 11) is 0. The molecule has 0 bridgehead atoms. The molecule has 2 aromatic carbocycles. The van der Waals surface area contributed by atoms with E-state index >= 15 is 0 Å². The summed E-state index contributed by atoms with van der Waals surface area (Å²) in [5, 5.41) is 6.33. The van der Waals surface area contributed by atoms with Gasteiger partial charge in [-0.2, -0.15) is 0 Å². The van der Waals surface area contributed by atoms with Gasteiger partial charge in [0.1, 0.15) is 11.5 Å². The minimum atomic E-state index is -0.502. The molecule has 1 aromatic heterocycles. The molecule has 27 heavy (non-hydrogen) atoms. The van der Waals surface area contributed by atoms with Crippen molar-refractivity contribution < 1.29 is 9.18 Å². The van der Waals surface area contributed by atoms with E-state index in [4.69, 9.17) is 11.6 Å². The summed E-state index contributed by atoms with van der Waals surface area (Å²) in [4.78, 5) is 20.9. The summed E-state index contributed by atoms with van der Waals surface area (Å²) < 4.78 is 13.7. The number of aryl methyl sites for hydroxylation is 1. The van der Waals surface area contributed by atoms with E-state index in [-0.39, 0.29) is 11.4 Å². The Hall–Kier alpha value is -2.99. The second-order valence-electron chi connectivity index (χ2n) is 5.96. The quantitative estimate of drug-likeness (QED) is 0.657. The van der Waals surface area contributed by atoms with Crippen LogP contribution in [-0.4, -0.2) is 22.4 Å². The van der Waals surface area contributed by atoms with Gasteiger partial charge < -0.3 is 10.6 Å². The lowest BCUT2D eigenvalue weighted by Gasteiger charge is -2.09. The Labute approximate surface area is 161 Å². The fourth-order valence-electron chi connectivity index (χ4n) is 2.48. The zero-order valence-electron chi connectivity index (χ0n) is 14.7. The minimum absolute atomic E-state index is 0.107. The second kappa shape index (κ2) is 8.60. The highest BCUT2D eigenvalue weighted by Crippen LogP contribution is 2.15. The molecule has 0 spiro atoms. The van der Waals surface area contributed by atoms with Crippen LogP contribution in [0.2, 0.25) is 5.02 Å². The van der Waals surface area contributed by atoms with Crippen LogP contribution in [0, 0.1) is 12.7 Å². The molecule has 3 aromatic rings. The highest BCUT2D eigenvalue weighted by Gasteiger charge is 2.12. The Balaban J connectivity index is 1.65. The maximum Gasteiger partial charge on any atom is 0.274 e. The van der Waals surface area contributed by atoms with Crippen molar-refractivity contribution in [2.75, 3.05) is 17.2 Å². The number of nitrogens with one attached hydrogen (secondary N) is 2. The van der Waals surface area contributed by atoms with Gasteiger partial charge in [0.15, 0.2) is 0 Å². The smallest absolute Gasteiger partial charge is 0.274 e. The Morgan fingerprint density at radius 3 is 2.59 bits per heavy atom. The summed E-state index contributed by atoms with van der Waals surface area (Å²) in [6.45, 7) is 2.37. The summed E-state index contributed by atoms with van der Waals surface area (Å²) in [6.07, 6.45) is 0.755. The fourth-order valence-corrected chi connectivity index (χ4v) is 2.61. The van der Waals surface area contributed by atoms with Crippen LogP contribution in [0.15, 0.2) is 54.6 Å². The average Bonchev–Trinajstić information content (AvgIpc) is 2.65. The van der Waals surface area contributed by atoms with Crippen molar-refractivity contribution in [1.29, 1.82) is 0 Å². The van der Waals surface area contributed by atoms with E-state index in [0.717, 1.165) is 12.0 Å².